The van der Waals surface area contributed by atoms with Crippen molar-refractivity contribution >= 4 is 6.29 Å². The van der Waals surface area contributed by atoms with Crippen molar-refractivity contribution in [3.63, 3.8) is 0 Å². The number of rotatable bonds is 2. The molecule has 2 nitrogen and oxygen atoms in total. The first-order valence-electron chi connectivity index (χ1n) is 3.46. The maximum atomic E-state index is 12.7. The fraction of sp³-hybridized carbons (Fsp3) is 0.250. The molecule has 13 heavy (non-hydrogen) atoms. The van der Waals surface area contributed by atoms with E-state index < -0.39 is 17.9 Å². The molecule has 0 spiro atoms. The molecule has 1 rings (SSSR count). The number of aromatic nitrogens is 1. The Labute approximate surface area is 72.4 Å². The van der Waals surface area contributed by atoms with Crippen molar-refractivity contribution in [2.75, 3.05) is 0 Å². The lowest BCUT2D eigenvalue weighted by molar-refractivity contribution is 0.110. The molecule has 0 unspecified atom stereocenters. The molecule has 0 bridgehead atoms. The van der Waals surface area contributed by atoms with E-state index in [9.17, 15) is 18.0 Å². The molecule has 0 aliphatic carbocycles. The standard InChI is InChI=1S/C8H6F3NO/c1-4-5(3-13)7(8(10)11)12-2-6(4)9/h2-3,8H,1H3. The van der Waals surface area contributed by atoms with Gasteiger partial charge in [0.1, 0.15) is 11.5 Å². The lowest BCUT2D eigenvalue weighted by Gasteiger charge is -2.05. The predicted molar refractivity (Wildman–Crippen MR) is 39.3 cm³/mol. The minimum atomic E-state index is -2.86. The van der Waals surface area contributed by atoms with Crippen molar-refractivity contribution in [1.82, 2.24) is 4.98 Å². The van der Waals surface area contributed by atoms with Crippen LogP contribution in [0.4, 0.5) is 13.2 Å². The van der Waals surface area contributed by atoms with Gasteiger partial charge in [-0.1, -0.05) is 0 Å². The SMILES string of the molecule is Cc1c(F)cnc(C(F)F)c1C=O. The van der Waals surface area contributed by atoms with Gasteiger partial charge in [0, 0.05) is 5.56 Å². The second-order valence-electron chi connectivity index (χ2n) is 2.45. The van der Waals surface area contributed by atoms with E-state index in [1.54, 1.807) is 0 Å². The molecule has 0 saturated heterocycles. The van der Waals surface area contributed by atoms with Crippen LogP contribution in [0.2, 0.25) is 0 Å². The molecule has 0 N–H and O–H groups in total. The summed E-state index contributed by atoms with van der Waals surface area (Å²) < 4.78 is 37.1. The minimum Gasteiger partial charge on any atom is -0.298 e. The van der Waals surface area contributed by atoms with E-state index >= 15 is 0 Å². The summed E-state index contributed by atoms with van der Waals surface area (Å²) >= 11 is 0. The van der Waals surface area contributed by atoms with E-state index in [0.29, 0.717) is 6.20 Å². The van der Waals surface area contributed by atoms with Gasteiger partial charge in [-0.2, -0.15) is 0 Å². The van der Waals surface area contributed by atoms with Gasteiger partial charge in [0.05, 0.1) is 6.20 Å². The number of alkyl halides is 2. The van der Waals surface area contributed by atoms with Crippen molar-refractivity contribution in [3.05, 3.63) is 28.8 Å². The number of hydrogen-bond donors (Lipinski definition) is 0. The van der Waals surface area contributed by atoms with Gasteiger partial charge in [0.2, 0.25) is 0 Å². The van der Waals surface area contributed by atoms with Gasteiger partial charge < -0.3 is 0 Å². The molecule has 0 atom stereocenters. The third-order valence-corrected chi connectivity index (χ3v) is 1.68. The minimum absolute atomic E-state index is 0.0969. The Morgan fingerprint density at radius 2 is 2.15 bits per heavy atom. The molecule has 5 heteroatoms. The quantitative estimate of drug-likeness (QED) is 0.668. The average Bonchev–Trinajstić information content (AvgIpc) is 2.09. The van der Waals surface area contributed by atoms with E-state index in [1.165, 1.54) is 6.92 Å². The fourth-order valence-corrected chi connectivity index (χ4v) is 0.936. The lowest BCUT2D eigenvalue weighted by Crippen LogP contribution is -2.02. The zero-order valence-corrected chi connectivity index (χ0v) is 6.72. The Kier molecular flexibility index (Phi) is 2.65. The summed E-state index contributed by atoms with van der Waals surface area (Å²) in [7, 11) is 0. The van der Waals surface area contributed by atoms with E-state index in [1.807, 2.05) is 0 Å². The molecule has 1 aromatic rings. The highest BCUT2D eigenvalue weighted by molar-refractivity contribution is 5.78. The molecule has 1 heterocycles. The summed E-state index contributed by atoms with van der Waals surface area (Å²) in [6.45, 7) is 1.26. The zero-order valence-electron chi connectivity index (χ0n) is 6.72. The molecule has 0 radical (unpaired) electrons. The van der Waals surface area contributed by atoms with Crippen LogP contribution in [-0.4, -0.2) is 11.3 Å². The smallest absolute Gasteiger partial charge is 0.281 e. The Hall–Kier alpha value is -1.39. The van der Waals surface area contributed by atoms with Crippen LogP contribution in [0.3, 0.4) is 0 Å². The van der Waals surface area contributed by atoms with Crippen molar-refractivity contribution in [2.45, 2.75) is 13.3 Å². The first kappa shape index (κ1) is 9.70. The Morgan fingerprint density at radius 1 is 1.54 bits per heavy atom. The summed E-state index contributed by atoms with van der Waals surface area (Å²) in [6.07, 6.45) is -1.99. The maximum Gasteiger partial charge on any atom is 0.281 e. The van der Waals surface area contributed by atoms with Crippen molar-refractivity contribution in [2.24, 2.45) is 0 Å². The van der Waals surface area contributed by atoms with Crippen molar-refractivity contribution in [1.29, 1.82) is 0 Å². The number of carbonyl (C=O) groups is 1. The normalized spacial score (nSPS) is 10.5. The molecule has 0 aliphatic heterocycles. The molecular formula is C8H6F3NO. The molecule has 70 valence electrons. The third kappa shape index (κ3) is 1.68. The first-order valence-corrected chi connectivity index (χ1v) is 3.46. The first-order chi connectivity index (χ1) is 6.07. The summed E-state index contributed by atoms with van der Waals surface area (Å²) in [6, 6.07) is 0. The molecule has 1 aromatic heterocycles. The van der Waals surface area contributed by atoms with Gasteiger partial charge in [0.15, 0.2) is 6.29 Å². The number of hydrogen-bond acceptors (Lipinski definition) is 2. The van der Waals surface area contributed by atoms with Crippen LogP contribution in [0.15, 0.2) is 6.20 Å². The Balaban J connectivity index is 3.38. The molecule has 0 saturated carbocycles. The molecule has 0 aliphatic rings. The number of nitrogens with zero attached hydrogens (tertiary/aromatic N) is 1. The van der Waals surface area contributed by atoms with Crippen LogP contribution in [0.25, 0.3) is 0 Å². The number of aldehydes is 1. The van der Waals surface area contributed by atoms with Gasteiger partial charge in [-0.05, 0) is 12.5 Å². The van der Waals surface area contributed by atoms with Crippen LogP contribution < -0.4 is 0 Å². The largest absolute Gasteiger partial charge is 0.298 e. The molecule has 0 amide bonds. The van der Waals surface area contributed by atoms with Gasteiger partial charge in [-0.3, -0.25) is 9.78 Å². The number of pyridine rings is 1. The average molecular weight is 189 g/mol. The van der Waals surface area contributed by atoms with Gasteiger partial charge >= 0.3 is 0 Å². The van der Waals surface area contributed by atoms with E-state index in [-0.39, 0.29) is 17.4 Å². The Bertz CT molecular complexity index is 338. The van der Waals surface area contributed by atoms with Crippen molar-refractivity contribution < 1.29 is 18.0 Å². The summed E-state index contributed by atoms with van der Waals surface area (Å²) in [5.74, 6) is -0.758. The zero-order chi connectivity index (χ0) is 10.0. The predicted octanol–water partition coefficient (Wildman–Crippen LogP) is 2.28. The van der Waals surface area contributed by atoms with Gasteiger partial charge in [-0.25, -0.2) is 13.2 Å². The van der Waals surface area contributed by atoms with Crippen LogP contribution in [0.5, 0.6) is 0 Å². The highest BCUT2D eigenvalue weighted by Crippen LogP contribution is 2.22. The van der Waals surface area contributed by atoms with E-state index in [2.05, 4.69) is 4.98 Å². The highest BCUT2D eigenvalue weighted by Gasteiger charge is 2.18. The lowest BCUT2D eigenvalue weighted by atomic mass is 10.1. The van der Waals surface area contributed by atoms with Crippen molar-refractivity contribution in [3.8, 4) is 0 Å². The number of carbonyl (C=O) groups excluding carboxylic acids is 1. The van der Waals surface area contributed by atoms with E-state index in [0.717, 1.165) is 0 Å². The summed E-state index contributed by atoms with van der Waals surface area (Å²) in [5.41, 5.74) is -1.14. The van der Waals surface area contributed by atoms with Gasteiger partial charge in [-0.15, -0.1) is 0 Å². The molecular weight excluding hydrogens is 183 g/mol. The van der Waals surface area contributed by atoms with Gasteiger partial charge in [0.25, 0.3) is 6.43 Å². The van der Waals surface area contributed by atoms with Crippen LogP contribution in [0, 0.1) is 12.7 Å². The summed E-state index contributed by atoms with van der Waals surface area (Å²) in [4.78, 5) is 13.5. The Morgan fingerprint density at radius 3 is 2.62 bits per heavy atom. The monoisotopic (exact) mass is 189 g/mol. The highest BCUT2D eigenvalue weighted by atomic mass is 19.3. The molecule has 0 aromatic carbocycles. The number of halogens is 3. The summed E-state index contributed by atoms with van der Waals surface area (Å²) in [5, 5.41) is 0. The second-order valence-corrected chi connectivity index (χ2v) is 2.45. The van der Waals surface area contributed by atoms with Crippen LogP contribution in [-0.2, 0) is 0 Å². The van der Waals surface area contributed by atoms with E-state index in [4.69, 9.17) is 0 Å². The third-order valence-electron chi connectivity index (χ3n) is 1.68. The maximum absolute atomic E-state index is 12.7. The topological polar surface area (TPSA) is 30.0 Å². The van der Waals surface area contributed by atoms with Crippen LogP contribution in [0.1, 0.15) is 28.0 Å². The van der Waals surface area contributed by atoms with Crippen LogP contribution >= 0.6 is 0 Å². The molecule has 0 fully saturated rings. The fourth-order valence-electron chi connectivity index (χ4n) is 0.936. The second kappa shape index (κ2) is 3.55.